The molecular weight excluding hydrogens is 318 g/mol. The van der Waals surface area contributed by atoms with E-state index in [-0.39, 0.29) is 28.2 Å². The molecule has 0 saturated carbocycles. The van der Waals surface area contributed by atoms with Gasteiger partial charge in [0.25, 0.3) is 0 Å². The Kier molecular flexibility index (Phi) is 3.35. The van der Waals surface area contributed by atoms with Crippen molar-refractivity contribution in [2.24, 2.45) is 11.7 Å². The second-order valence-electron chi connectivity index (χ2n) is 5.83. The number of allylic oxidation sites excluding steroid dienone is 2. The van der Waals surface area contributed by atoms with Crippen molar-refractivity contribution in [2.75, 3.05) is 0 Å². The lowest BCUT2D eigenvalue weighted by molar-refractivity contribution is -0.116. The number of carbonyl (C=O) groups is 3. The van der Waals surface area contributed by atoms with Gasteiger partial charge in [-0.3, -0.25) is 14.4 Å². The first kappa shape index (κ1) is 15.1. The summed E-state index contributed by atoms with van der Waals surface area (Å²) in [7, 11) is 0. The van der Waals surface area contributed by atoms with Crippen molar-refractivity contribution in [3.8, 4) is 5.75 Å². The van der Waals surface area contributed by atoms with Crippen LogP contribution in [0.4, 0.5) is 0 Å². The maximum Gasteiger partial charge on any atom is 0.193 e. The van der Waals surface area contributed by atoms with E-state index in [0.29, 0.717) is 5.75 Å². The highest BCUT2D eigenvalue weighted by atomic mass is 16.5. The Morgan fingerprint density at radius 2 is 1.48 bits per heavy atom. The Morgan fingerprint density at radius 1 is 0.840 bits per heavy atom. The van der Waals surface area contributed by atoms with E-state index in [2.05, 4.69) is 0 Å². The van der Waals surface area contributed by atoms with Crippen molar-refractivity contribution >= 4 is 17.3 Å². The van der Waals surface area contributed by atoms with Gasteiger partial charge < -0.3 is 10.5 Å². The van der Waals surface area contributed by atoms with E-state index in [1.54, 1.807) is 48.5 Å². The Balaban J connectivity index is 1.83. The average molecular weight is 331 g/mol. The summed E-state index contributed by atoms with van der Waals surface area (Å²) < 4.78 is 5.65. The number of para-hydroxylation sites is 1. The molecule has 0 spiro atoms. The molecule has 0 radical (unpaired) electrons. The van der Waals surface area contributed by atoms with Crippen LogP contribution in [0.3, 0.4) is 0 Å². The molecule has 0 aliphatic heterocycles. The van der Waals surface area contributed by atoms with Gasteiger partial charge in [-0.05, 0) is 12.1 Å². The highest BCUT2D eigenvalue weighted by molar-refractivity contribution is 6.31. The van der Waals surface area contributed by atoms with Crippen molar-refractivity contribution in [3.05, 3.63) is 88.8 Å². The fourth-order valence-corrected chi connectivity index (χ4v) is 3.13. The third-order valence-electron chi connectivity index (χ3n) is 4.32. The van der Waals surface area contributed by atoms with Gasteiger partial charge in [0.15, 0.2) is 23.1 Å². The molecule has 2 N–H and O–H groups in total. The number of nitrogens with two attached hydrogens (primary N) is 1. The molecule has 0 amide bonds. The summed E-state index contributed by atoms with van der Waals surface area (Å²) in [5.41, 5.74) is 6.66. The molecule has 1 atom stereocenters. The lowest BCUT2D eigenvalue weighted by Crippen LogP contribution is -2.39. The zero-order valence-corrected chi connectivity index (χ0v) is 13.1. The molecule has 0 aromatic heterocycles. The van der Waals surface area contributed by atoms with Crippen molar-refractivity contribution in [2.45, 2.75) is 0 Å². The number of hydrogen-bond donors (Lipinski definition) is 1. The van der Waals surface area contributed by atoms with E-state index >= 15 is 0 Å². The molecule has 2 aromatic carbocycles. The van der Waals surface area contributed by atoms with Gasteiger partial charge in [0.2, 0.25) is 0 Å². The number of hydrogen-bond acceptors (Lipinski definition) is 5. The molecule has 5 nitrogen and oxygen atoms in total. The molecule has 25 heavy (non-hydrogen) atoms. The minimum absolute atomic E-state index is 0.00197. The zero-order chi connectivity index (χ0) is 17.6. The SMILES string of the molecule is NC1=C2C(=O)c3ccccc3C(=O)C2C(=O)C=C1Oc1ccccc1. The predicted octanol–water partition coefficient (Wildman–Crippen LogP) is 2.44. The molecule has 0 bridgehead atoms. The number of ketones is 3. The minimum Gasteiger partial charge on any atom is -0.455 e. The smallest absolute Gasteiger partial charge is 0.193 e. The zero-order valence-electron chi connectivity index (χ0n) is 13.1. The molecule has 2 aliphatic carbocycles. The minimum atomic E-state index is -1.19. The first-order valence-electron chi connectivity index (χ1n) is 7.74. The number of ether oxygens (including phenoxy) is 1. The first-order valence-corrected chi connectivity index (χ1v) is 7.74. The van der Waals surface area contributed by atoms with E-state index in [4.69, 9.17) is 10.5 Å². The second-order valence-corrected chi connectivity index (χ2v) is 5.83. The van der Waals surface area contributed by atoms with Crippen molar-refractivity contribution < 1.29 is 19.1 Å². The van der Waals surface area contributed by atoms with Gasteiger partial charge in [0.1, 0.15) is 11.7 Å². The summed E-state index contributed by atoms with van der Waals surface area (Å²) >= 11 is 0. The number of rotatable bonds is 2. The van der Waals surface area contributed by atoms with Crippen molar-refractivity contribution in [1.82, 2.24) is 0 Å². The van der Waals surface area contributed by atoms with Crippen LogP contribution in [-0.4, -0.2) is 17.3 Å². The van der Waals surface area contributed by atoms with Gasteiger partial charge in [-0.2, -0.15) is 0 Å². The van der Waals surface area contributed by atoms with Crippen LogP contribution in [-0.2, 0) is 4.79 Å². The molecule has 2 aromatic rings. The van der Waals surface area contributed by atoms with Crippen LogP contribution in [0.25, 0.3) is 0 Å². The van der Waals surface area contributed by atoms with Gasteiger partial charge >= 0.3 is 0 Å². The predicted molar refractivity (Wildman–Crippen MR) is 90.0 cm³/mol. The monoisotopic (exact) mass is 331 g/mol. The van der Waals surface area contributed by atoms with E-state index in [9.17, 15) is 14.4 Å². The molecule has 122 valence electrons. The van der Waals surface area contributed by atoms with Gasteiger partial charge in [0.05, 0.1) is 5.70 Å². The van der Waals surface area contributed by atoms with Gasteiger partial charge in [0, 0.05) is 22.8 Å². The van der Waals surface area contributed by atoms with Gasteiger partial charge in [-0.1, -0.05) is 42.5 Å². The number of fused-ring (bicyclic) bond motifs is 2. The fourth-order valence-electron chi connectivity index (χ4n) is 3.13. The van der Waals surface area contributed by atoms with E-state index in [1.807, 2.05) is 6.07 Å². The fraction of sp³-hybridized carbons (Fsp3) is 0.0500. The maximum atomic E-state index is 12.8. The van der Waals surface area contributed by atoms with E-state index < -0.39 is 23.3 Å². The summed E-state index contributed by atoms with van der Waals surface area (Å²) in [6.07, 6.45) is 1.19. The Bertz CT molecular complexity index is 986. The Labute approximate surface area is 143 Å². The average Bonchev–Trinajstić information content (AvgIpc) is 2.63. The summed E-state index contributed by atoms with van der Waals surface area (Å²) in [6.45, 7) is 0. The van der Waals surface area contributed by atoms with Gasteiger partial charge in [-0.15, -0.1) is 0 Å². The van der Waals surface area contributed by atoms with Crippen molar-refractivity contribution in [1.29, 1.82) is 0 Å². The molecule has 1 unspecified atom stereocenters. The largest absolute Gasteiger partial charge is 0.455 e. The van der Waals surface area contributed by atoms with Crippen LogP contribution >= 0.6 is 0 Å². The third kappa shape index (κ3) is 2.29. The maximum absolute atomic E-state index is 12.8. The van der Waals surface area contributed by atoms with Crippen LogP contribution in [0.1, 0.15) is 20.7 Å². The molecule has 0 heterocycles. The highest BCUT2D eigenvalue weighted by Crippen LogP contribution is 2.36. The molecule has 0 fully saturated rings. The van der Waals surface area contributed by atoms with Gasteiger partial charge in [-0.25, -0.2) is 0 Å². The highest BCUT2D eigenvalue weighted by Gasteiger charge is 2.44. The normalized spacial score (nSPS) is 19.3. The number of carbonyl (C=O) groups excluding carboxylic acids is 3. The van der Waals surface area contributed by atoms with Crippen LogP contribution in [0, 0.1) is 5.92 Å². The lowest BCUT2D eigenvalue weighted by Gasteiger charge is -2.28. The second kappa shape index (κ2) is 5.56. The molecule has 4 rings (SSSR count). The van der Waals surface area contributed by atoms with Crippen LogP contribution in [0.15, 0.2) is 77.7 Å². The number of benzene rings is 2. The van der Waals surface area contributed by atoms with E-state index in [0.717, 1.165) is 0 Å². The molecule has 2 aliphatic rings. The summed E-state index contributed by atoms with van der Waals surface area (Å²) in [6, 6.07) is 15.2. The first-order chi connectivity index (χ1) is 12.1. The molecule has 5 heteroatoms. The summed E-state index contributed by atoms with van der Waals surface area (Å²) in [5.74, 6) is -1.93. The quantitative estimate of drug-likeness (QED) is 0.854. The standard InChI is InChI=1S/C20H13NO4/c21-18-15(25-11-6-2-1-3-7-11)10-14(22)16-17(18)20(24)13-9-5-4-8-12(13)19(16)23/h1-10,16H,21H2. The summed E-state index contributed by atoms with van der Waals surface area (Å²) in [4.78, 5) is 38.0. The topological polar surface area (TPSA) is 86.5 Å². The van der Waals surface area contributed by atoms with Crippen molar-refractivity contribution in [3.63, 3.8) is 0 Å². The Hall–Kier alpha value is -3.47. The molecule has 0 saturated heterocycles. The Morgan fingerprint density at radius 3 is 2.20 bits per heavy atom. The van der Waals surface area contributed by atoms with Crippen LogP contribution in [0.5, 0.6) is 5.75 Å². The summed E-state index contributed by atoms with van der Waals surface area (Å²) in [5, 5.41) is 0. The third-order valence-corrected chi connectivity index (χ3v) is 4.32. The lowest BCUT2D eigenvalue weighted by atomic mass is 9.73. The van der Waals surface area contributed by atoms with Crippen LogP contribution < -0.4 is 10.5 Å². The molecular formula is C20H13NO4. The number of Topliss-reactive ketones (excluding diaryl/α,β-unsaturated/α-hetero) is 2. The van der Waals surface area contributed by atoms with Crippen LogP contribution in [0.2, 0.25) is 0 Å². The van der Waals surface area contributed by atoms with E-state index in [1.165, 1.54) is 6.08 Å².